The second-order valence-corrected chi connectivity index (χ2v) is 4.90. The fourth-order valence-corrected chi connectivity index (χ4v) is 1.80. The van der Waals surface area contributed by atoms with E-state index in [4.69, 9.17) is 10.5 Å². The summed E-state index contributed by atoms with van der Waals surface area (Å²) >= 11 is 3.35. The molecule has 1 aromatic heterocycles. The topological polar surface area (TPSA) is 70.1 Å². The number of imidazole rings is 1. The summed E-state index contributed by atoms with van der Waals surface area (Å²) < 4.78 is 7.93. The van der Waals surface area contributed by atoms with Crippen molar-refractivity contribution in [3.8, 4) is 0 Å². The minimum absolute atomic E-state index is 0.232. The Hall–Kier alpha value is -1.66. The highest BCUT2D eigenvalue weighted by Crippen LogP contribution is 2.11. The molecule has 0 atom stereocenters. The van der Waals surface area contributed by atoms with E-state index in [9.17, 15) is 4.79 Å². The van der Waals surface area contributed by atoms with Gasteiger partial charge in [-0.05, 0) is 17.7 Å². The molecule has 0 saturated carbocycles. The van der Waals surface area contributed by atoms with Crippen LogP contribution in [0.15, 0.2) is 41.3 Å². The lowest BCUT2D eigenvalue weighted by atomic mass is 10.2. The number of nitrogens with two attached hydrogens (primary N) is 1. The molecular weight excluding hydrogens is 310 g/mol. The smallest absolute Gasteiger partial charge is 0.358 e. The van der Waals surface area contributed by atoms with Crippen molar-refractivity contribution in [2.75, 3.05) is 6.54 Å². The van der Waals surface area contributed by atoms with Crippen molar-refractivity contribution in [2.45, 2.75) is 13.2 Å². The number of esters is 1. The van der Waals surface area contributed by atoms with Crippen LogP contribution in [0.1, 0.15) is 16.1 Å². The van der Waals surface area contributed by atoms with Gasteiger partial charge in [-0.2, -0.15) is 0 Å². The van der Waals surface area contributed by atoms with Gasteiger partial charge < -0.3 is 15.0 Å². The largest absolute Gasteiger partial charge is 0.456 e. The Morgan fingerprint density at radius 3 is 2.79 bits per heavy atom. The Morgan fingerprint density at radius 1 is 1.37 bits per heavy atom. The van der Waals surface area contributed by atoms with E-state index in [0.717, 1.165) is 10.0 Å². The molecule has 2 aromatic rings. The molecule has 1 aromatic carbocycles. The number of carbonyl (C=O) groups excluding carboxylic acids is 1. The monoisotopic (exact) mass is 323 g/mol. The zero-order valence-electron chi connectivity index (χ0n) is 10.3. The third kappa shape index (κ3) is 3.90. The van der Waals surface area contributed by atoms with Gasteiger partial charge in [0, 0.05) is 23.8 Å². The normalized spacial score (nSPS) is 10.4. The fourth-order valence-electron chi connectivity index (χ4n) is 1.54. The molecule has 2 N–H and O–H groups in total. The summed E-state index contributed by atoms with van der Waals surface area (Å²) in [5, 5.41) is 0. The van der Waals surface area contributed by atoms with Crippen molar-refractivity contribution in [3.05, 3.63) is 52.5 Å². The number of carbonyl (C=O) groups is 1. The highest BCUT2D eigenvalue weighted by Gasteiger charge is 2.10. The maximum absolute atomic E-state index is 11.8. The number of rotatable bonds is 5. The fraction of sp³-hybridized carbons (Fsp3) is 0.231. The Bertz CT molecular complexity index is 551. The molecule has 19 heavy (non-hydrogen) atoms. The van der Waals surface area contributed by atoms with Crippen LogP contribution in [0.5, 0.6) is 0 Å². The van der Waals surface area contributed by atoms with Gasteiger partial charge in [-0.1, -0.05) is 28.1 Å². The number of ether oxygens (including phenoxy) is 1. The molecule has 5 nitrogen and oxygen atoms in total. The summed E-state index contributed by atoms with van der Waals surface area (Å²) in [6.45, 7) is 1.37. The first kappa shape index (κ1) is 13.8. The van der Waals surface area contributed by atoms with Crippen LogP contribution in [0.2, 0.25) is 0 Å². The van der Waals surface area contributed by atoms with E-state index in [0.29, 0.717) is 18.8 Å². The summed E-state index contributed by atoms with van der Waals surface area (Å²) in [5.74, 6) is -0.432. The zero-order chi connectivity index (χ0) is 13.7. The summed E-state index contributed by atoms with van der Waals surface area (Å²) in [6, 6.07) is 7.59. The molecule has 100 valence electrons. The number of nitrogens with zero attached hydrogens (tertiary/aromatic N) is 2. The van der Waals surface area contributed by atoms with Gasteiger partial charge >= 0.3 is 5.97 Å². The van der Waals surface area contributed by atoms with Crippen LogP contribution in [0.4, 0.5) is 0 Å². The van der Waals surface area contributed by atoms with Crippen molar-refractivity contribution in [2.24, 2.45) is 5.73 Å². The molecule has 0 saturated heterocycles. The first-order valence-electron chi connectivity index (χ1n) is 5.82. The number of halogens is 1. The van der Waals surface area contributed by atoms with E-state index < -0.39 is 5.97 Å². The number of benzene rings is 1. The molecule has 6 heteroatoms. The SMILES string of the molecule is NCCn1cnc(C(=O)OCc2ccc(Br)cc2)c1. The van der Waals surface area contributed by atoms with E-state index in [1.807, 2.05) is 24.3 Å². The Labute approximate surface area is 119 Å². The predicted octanol–water partition coefficient (Wildman–Crippen LogP) is 1.96. The van der Waals surface area contributed by atoms with E-state index in [1.165, 1.54) is 0 Å². The van der Waals surface area contributed by atoms with Crippen LogP contribution >= 0.6 is 15.9 Å². The average molecular weight is 324 g/mol. The van der Waals surface area contributed by atoms with Crippen molar-refractivity contribution < 1.29 is 9.53 Å². The van der Waals surface area contributed by atoms with Gasteiger partial charge in [-0.15, -0.1) is 0 Å². The highest BCUT2D eigenvalue weighted by molar-refractivity contribution is 9.10. The summed E-state index contributed by atoms with van der Waals surface area (Å²) in [6.07, 6.45) is 3.21. The number of aromatic nitrogens is 2. The molecule has 0 fully saturated rings. The Morgan fingerprint density at radius 2 is 2.11 bits per heavy atom. The third-order valence-electron chi connectivity index (χ3n) is 2.51. The Balaban J connectivity index is 1.91. The van der Waals surface area contributed by atoms with Crippen LogP contribution in [-0.4, -0.2) is 22.1 Å². The molecule has 0 amide bonds. The lowest BCUT2D eigenvalue weighted by Crippen LogP contribution is -2.08. The predicted molar refractivity (Wildman–Crippen MR) is 74.5 cm³/mol. The van der Waals surface area contributed by atoms with Crippen LogP contribution < -0.4 is 5.73 Å². The second kappa shape index (κ2) is 6.49. The first-order chi connectivity index (χ1) is 9.19. The lowest BCUT2D eigenvalue weighted by Gasteiger charge is -2.03. The first-order valence-corrected chi connectivity index (χ1v) is 6.62. The van der Waals surface area contributed by atoms with Gasteiger partial charge in [0.1, 0.15) is 6.61 Å². The minimum atomic E-state index is -0.432. The molecule has 1 heterocycles. The zero-order valence-corrected chi connectivity index (χ0v) is 11.8. The van der Waals surface area contributed by atoms with E-state index >= 15 is 0 Å². The molecule has 0 aliphatic carbocycles. The minimum Gasteiger partial charge on any atom is -0.456 e. The molecule has 0 aliphatic rings. The molecule has 0 bridgehead atoms. The van der Waals surface area contributed by atoms with Gasteiger partial charge in [0.2, 0.25) is 0 Å². The molecule has 0 unspecified atom stereocenters. The average Bonchev–Trinajstić information content (AvgIpc) is 2.87. The molecule has 0 spiro atoms. The van der Waals surface area contributed by atoms with Gasteiger partial charge in [-0.25, -0.2) is 9.78 Å². The molecular formula is C13H14BrN3O2. The Kier molecular flexibility index (Phi) is 4.70. The van der Waals surface area contributed by atoms with Crippen molar-refractivity contribution in [3.63, 3.8) is 0 Å². The molecule has 0 radical (unpaired) electrons. The lowest BCUT2D eigenvalue weighted by molar-refractivity contribution is 0.0466. The highest BCUT2D eigenvalue weighted by atomic mass is 79.9. The van der Waals surface area contributed by atoms with Crippen LogP contribution in [-0.2, 0) is 17.9 Å². The van der Waals surface area contributed by atoms with E-state index in [1.54, 1.807) is 17.1 Å². The van der Waals surface area contributed by atoms with Crippen LogP contribution in [0, 0.1) is 0 Å². The quantitative estimate of drug-likeness (QED) is 0.854. The van der Waals surface area contributed by atoms with Gasteiger partial charge in [0.15, 0.2) is 5.69 Å². The third-order valence-corrected chi connectivity index (χ3v) is 3.04. The van der Waals surface area contributed by atoms with Crippen molar-refractivity contribution in [1.29, 1.82) is 0 Å². The van der Waals surface area contributed by atoms with Gasteiger partial charge in [0.25, 0.3) is 0 Å². The molecule has 2 rings (SSSR count). The molecule has 0 aliphatic heterocycles. The van der Waals surface area contributed by atoms with Crippen LogP contribution in [0.25, 0.3) is 0 Å². The number of hydrogen-bond donors (Lipinski definition) is 1. The van der Waals surface area contributed by atoms with E-state index in [-0.39, 0.29) is 6.61 Å². The number of hydrogen-bond acceptors (Lipinski definition) is 4. The van der Waals surface area contributed by atoms with Gasteiger partial charge in [-0.3, -0.25) is 0 Å². The summed E-state index contributed by atoms with van der Waals surface area (Å²) in [5.41, 5.74) is 6.65. The maximum Gasteiger partial charge on any atom is 0.358 e. The summed E-state index contributed by atoms with van der Waals surface area (Å²) in [4.78, 5) is 15.8. The maximum atomic E-state index is 11.8. The van der Waals surface area contributed by atoms with E-state index in [2.05, 4.69) is 20.9 Å². The van der Waals surface area contributed by atoms with Gasteiger partial charge in [0.05, 0.1) is 6.33 Å². The second-order valence-electron chi connectivity index (χ2n) is 3.99. The standard InChI is InChI=1S/C13H14BrN3O2/c14-11-3-1-10(2-4-11)8-19-13(18)12-7-17(6-5-15)9-16-12/h1-4,7,9H,5-6,8,15H2. The summed E-state index contributed by atoms with van der Waals surface area (Å²) in [7, 11) is 0. The van der Waals surface area contributed by atoms with Crippen molar-refractivity contribution in [1.82, 2.24) is 9.55 Å². The van der Waals surface area contributed by atoms with Crippen LogP contribution in [0.3, 0.4) is 0 Å². The van der Waals surface area contributed by atoms with Crippen molar-refractivity contribution >= 4 is 21.9 Å².